The van der Waals surface area contributed by atoms with E-state index in [9.17, 15) is 4.79 Å². The summed E-state index contributed by atoms with van der Waals surface area (Å²) in [5, 5.41) is 5.76. The van der Waals surface area contributed by atoms with E-state index in [2.05, 4.69) is 15.1 Å². The molecule has 0 saturated heterocycles. The van der Waals surface area contributed by atoms with Crippen LogP contribution in [0.3, 0.4) is 0 Å². The fourth-order valence-electron chi connectivity index (χ4n) is 2.51. The van der Waals surface area contributed by atoms with Crippen LogP contribution in [0.15, 0.2) is 35.7 Å². The standard InChI is InChI=1S/C16H19N5OS/c1-4-20(5-2)15(22)11(3)23-16-18-14-12-8-6-7-9-13(12)17-10-21(14)19-16/h6-11H,4-5H2,1-3H3. The number of hydrogen-bond donors (Lipinski definition) is 0. The maximum absolute atomic E-state index is 12.4. The quantitative estimate of drug-likeness (QED) is 0.673. The van der Waals surface area contributed by atoms with E-state index in [-0.39, 0.29) is 11.2 Å². The predicted octanol–water partition coefficient (Wildman–Crippen LogP) is 2.63. The zero-order chi connectivity index (χ0) is 16.4. The van der Waals surface area contributed by atoms with Gasteiger partial charge in [0, 0.05) is 18.5 Å². The molecule has 0 bridgehead atoms. The third kappa shape index (κ3) is 3.01. The van der Waals surface area contributed by atoms with Gasteiger partial charge >= 0.3 is 0 Å². The van der Waals surface area contributed by atoms with Crippen molar-refractivity contribution in [3.05, 3.63) is 30.6 Å². The van der Waals surface area contributed by atoms with Crippen LogP contribution < -0.4 is 0 Å². The maximum atomic E-state index is 12.4. The van der Waals surface area contributed by atoms with Gasteiger partial charge in [-0.3, -0.25) is 4.79 Å². The minimum Gasteiger partial charge on any atom is -0.342 e. The monoisotopic (exact) mass is 329 g/mol. The normalized spacial score (nSPS) is 12.7. The highest BCUT2D eigenvalue weighted by Crippen LogP contribution is 2.24. The summed E-state index contributed by atoms with van der Waals surface area (Å²) in [6.07, 6.45) is 1.66. The summed E-state index contributed by atoms with van der Waals surface area (Å²) < 4.78 is 1.67. The zero-order valence-electron chi connectivity index (χ0n) is 13.4. The van der Waals surface area contributed by atoms with Crippen molar-refractivity contribution in [2.75, 3.05) is 13.1 Å². The molecule has 1 atom stereocenters. The minimum absolute atomic E-state index is 0.113. The number of thioether (sulfide) groups is 1. The van der Waals surface area contributed by atoms with Crippen LogP contribution in [0.25, 0.3) is 16.6 Å². The topological polar surface area (TPSA) is 63.4 Å². The number of rotatable bonds is 5. The van der Waals surface area contributed by atoms with Crippen LogP contribution in [-0.2, 0) is 4.79 Å². The molecule has 1 amide bonds. The molecule has 23 heavy (non-hydrogen) atoms. The highest BCUT2D eigenvalue weighted by molar-refractivity contribution is 8.00. The molecule has 2 aromatic heterocycles. The van der Waals surface area contributed by atoms with Crippen molar-refractivity contribution in [3.63, 3.8) is 0 Å². The van der Waals surface area contributed by atoms with Crippen LogP contribution in [0.2, 0.25) is 0 Å². The van der Waals surface area contributed by atoms with Gasteiger partial charge in [0.2, 0.25) is 11.1 Å². The summed E-state index contributed by atoms with van der Waals surface area (Å²) in [6, 6.07) is 7.83. The number of aromatic nitrogens is 4. The molecule has 120 valence electrons. The van der Waals surface area contributed by atoms with Crippen molar-refractivity contribution >= 4 is 34.2 Å². The fourth-order valence-corrected chi connectivity index (χ4v) is 3.35. The summed E-state index contributed by atoms with van der Waals surface area (Å²) in [5.41, 5.74) is 1.65. The first-order chi connectivity index (χ1) is 11.1. The Hall–Kier alpha value is -2.15. The van der Waals surface area contributed by atoms with Crippen LogP contribution in [0, 0.1) is 0 Å². The van der Waals surface area contributed by atoms with Gasteiger partial charge in [0.1, 0.15) is 6.33 Å². The van der Waals surface area contributed by atoms with Gasteiger partial charge in [0.15, 0.2) is 5.65 Å². The van der Waals surface area contributed by atoms with Gasteiger partial charge in [-0.1, -0.05) is 23.9 Å². The van der Waals surface area contributed by atoms with Crippen molar-refractivity contribution in [2.24, 2.45) is 0 Å². The molecular weight excluding hydrogens is 310 g/mol. The summed E-state index contributed by atoms with van der Waals surface area (Å²) in [7, 11) is 0. The average molecular weight is 329 g/mol. The third-order valence-corrected chi connectivity index (χ3v) is 4.71. The molecule has 3 rings (SSSR count). The number of para-hydroxylation sites is 1. The first-order valence-corrected chi connectivity index (χ1v) is 8.57. The summed E-state index contributed by atoms with van der Waals surface area (Å²) in [6.45, 7) is 7.30. The predicted molar refractivity (Wildman–Crippen MR) is 91.5 cm³/mol. The van der Waals surface area contributed by atoms with Gasteiger partial charge in [0.25, 0.3) is 0 Å². The van der Waals surface area contributed by atoms with Crippen LogP contribution in [-0.4, -0.2) is 48.7 Å². The zero-order valence-corrected chi connectivity index (χ0v) is 14.2. The molecule has 0 saturated carbocycles. The van der Waals surface area contributed by atoms with E-state index < -0.39 is 0 Å². The first kappa shape index (κ1) is 15.7. The van der Waals surface area contributed by atoms with E-state index in [1.807, 2.05) is 49.9 Å². The number of carbonyl (C=O) groups excluding carboxylic acids is 1. The van der Waals surface area contributed by atoms with Gasteiger partial charge in [-0.25, -0.2) is 14.5 Å². The Bertz CT molecular complexity index is 843. The second-order valence-electron chi connectivity index (χ2n) is 5.19. The van der Waals surface area contributed by atoms with Gasteiger partial charge in [0.05, 0.1) is 10.8 Å². The number of carbonyl (C=O) groups is 1. The molecule has 3 aromatic rings. The number of benzene rings is 1. The van der Waals surface area contributed by atoms with Crippen LogP contribution in [0.5, 0.6) is 0 Å². The Labute approximate surface area is 138 Å². The van der Waals surface area contributed by atoms with Gasteiger partial charge in [-0.2, -0.15) is 0 Å². The van der Waals surface area contributed by atoms with Crippen molar-refractivity contribution in [1.82, 2.24) is 24.5 Å². The molecule has 0 fully saturated rings. The van der Waals surface area contributed by atoms with E-state index >= 15 is 0 Å². The molecule has 0 aliphatic carbocycles. The van der Waals surface area contributed by atoms with Crippen molar-refractivity contribution < 1.29 is 4.79 Å². The van der Waals surface area contributed by atoms with E-state index in [0.29, 0.717) is 18.2 Å². The van der Waals surface area contributed by atoms with Crippen LogP contribution in [0.4, 0.5) is 0 Å². The van der Waals surface area contributed by atoms with Gasteiger partial charge in [-0.05, 0) is 32.9 Å². The summed E-state index contributed by atoms with van der Waals surface area (Å²) in [4.78, 5) is 23.1. The largest absolute Gasteiger partial charge is 0.342 e. The smallest absolute Gasteiger partial charge is 0.235 e. The Kier molecular flexibility index (Phi) is 4.47. The van der Waals surface area contributed by atoms with Gasteiger partial charge in [-0.15, -0.1) is 5.10 Å². The van der Waals surface area contributed by atoms with E-state index in [1.54, 1.807) is 10.8 Å². The molecule has 7 heteroatoms. The number of hydrogen-bond acceptors (Lipinski definition) is 5. The van der Waals surface area contributed by atoms with Crippen LogP contribution in [0.1, 0.15) is 20.8 Å². The lowest BCUT2D eigenvalue weighted by Gasteiger charge is -2.21. The van der Waals surface area contributed by atoms with E-state index in [4.69, 9.17) is 0 Å². The maximum Gasteiger partial charge on any atom is 0.235 e. The minimum atomic E-state index is -0.216. The molecule has 0 N–H and O–H groups in total. The molecular formula is C16H19N5OS. The van der Waals surface area contributed by atoms with Crippen molar-refractivity contribution in [3.8, 4) is 0 Å². The molecule has 0 aliphatic rings. The molecule has 1 aromatic carbocycles. The molecule has 0 radical (unpaired) electrons. The van der Waals surface area contributed by atoms with Crippen molar-refractivity contribution in [1.29, 1.82) is 0 Å². The number of nitrogens with zero attached hydrogens (tertiary/aromatic N) is 5. The number of amides is 1. The number of fused-ring (bicyclic) bond motifs is 3. The van der Waals surface area contributed by atoms with Crippen LogP contribution >= 0.6 is 11.8 Å². The first-order valence-electron chi connectivity index (χ1n) is 7.69. The molecule has 0 spiro atoms. The highest BCUT2D eigenvalue weighted by Gasteiger charge is 2.21. The molecule has 0 aliphatic heterocycles. The van der Waals surface area contributed by atoms with E-state index in [1.165, 1.54) is 11.8 Å². The molecule has 6 nitrogen and oxygen atoms in total. The highest BCUT2D eigenvalue weighted by atomic mass is 32.2. The second-order valence-corrected chi connectivity index (χ2v) is 6.50. The SMILES string of the molecule is CCN(CC)C(=O)C(C)Sc1nc2c3ccccc3ncn2n1. The molecule has 1 unspecified atom stereocenters. The Morgan fingerprint density at radius 1 is 1.30 bits per heavy atom. The summed E-state index contributed by atoms with van der Waals surface area (Å²) in [5.74, 6) is 0.113. The summed E-state index contributed by atoms with van der Waals surface area (Å²) >= 11 is 1.38. The Morgan fingerprint density at radius 3 is 2.78 bits per heavy atom. The molecule has 2 heterocycles. The second kappa shape index (κ2) is 6.54. The average Bonchev–Trinajstić information content (AvgIpc) is 2.98. The van der Waals surface area contributed by atoms with Crippen molar-refractivity contribution in [2.45, 2.75) is 31.2 Å². The lowest BCUT2D eigenvalue weighted by Crippen LogP contribution is -2.36. The lowest BCUT2D eigenvalue weighted by atomic mass is 10.2. The Balaban J connectivity index is 1.89. The van der Waals surface area contributed by atoms with Gasteiger partial charge < -0.3 is 4.90 Å². The fraction of sp³-hybridized carbons (Fsp3) is 0.375. The lowest BCUT2D eigenvalue weighted by molar-refractivity contribution is -0.129. The Morgan fingerprint density at radius 2 is 2.04 bits per heavy atom. The third-order valence-electron chi connectivity index (χ3n) is 3.77. The van der Waals surface area contributed by atoms with E-state index in [0.717, 1.165) is 16.6 Å².